The van der Waals surface area contributed by atoms with Gasteiger partial charge in [-0.3, -0.25) is 14.4 Å². The van der Waals surface area contributed by atoms with E-state index < -0.39 is 11.8 Å². The highest BCUT2D eigenvalue weighted by Crippen LogP contribution is 2.32. The van der Waals surface area contributed by atoms with Gasteiger partial charge in [-0.2, -0.15) is 0 Å². The van der Waals surface area contributed by atoms with Crippen LogP contribution in [0, 0.1) is 0 Å². The van der Waals surface area contributed by atoms with Gasteiger partial charge in [0.05, 0.1) is 5.69 Å². The van der Waals surface area contributed by atoms with Gasteiger partial charge in [-0.25, -0.2) is 4.90 Å². The summed E-state index contributed by atoms with van der Waals surface area (Å²) in [6.45, 7) is 3.22. The fourth-order valence-electron chi connectivity index (χ4n) is 4.55. The van der Waals surface area contributed by atoms with Crippen molar-refractivity contribution < 1.29 is 14.4 Å². The minimum atomic E-state index is -0.558. The maximum Gasteiger partial charge on any atom is 0.283 e. The molecule has 5 rings (SSSR count). The summed E-state index contributed by atoms with van der Waals surface area (Å²) in [7, 11) is 0. The Kier molecular flexibility index (Phi) is 6.14. The second-order valence-electron chi connectivity index (χ2n) is 8.56. The van der Waals surface area contributed by atoms with Gasteiger partial charge >= 0.3 is 0 Å². The molecule has 0 unspecified atom stereocenters. The van der Waals surface area contributed by atoms with Gasteiger partial charge in [0.25, 0.3) is 17.7 Å². The van der Waals surface area contributed by atoms with Gasteiger partial charge in [-0.05, 0) is 59.9 Å². The van der Waals surface area contributed by atoms with E-state index in [1.54, 1.807) is 36.4 Å². The lowest BCUT2D eigenvalue weighted by molar-refractivity contribution is -0.120. The summed E-state index contributed by atoms with van der Waals surface area (Å²) < 4.78 is 0. The Bertz CT molecular complexity index is 1360. The molecule has 3 aromatic carbocycles. The fourth-order valence-corrected chi connectivity index (χ4v) is 4.76. The van der Waals surface area contributed by atoms with E-state index >= 15 is 0 Å². The zero-order valence-corrected chi connectivity index (χ0v) is 20.0. The molecular weight excluding hydrogens is 462 g/mol. The second kappa shape index (κ2) is 9.39. The predicted octanol–water partition coefficient (Wildman–Crippen LogP) is 4.88. The van der Waals surface area contributed by atoms with E-state index in [0.29, 0.717) is 36.4 Å². The van der Waals surface area contributed by atoms with Crippen LogP contribution in [0.15, 0.2) is 83.5 Å². The smallest absolute Gasteiger partial charge is 0.283 e. The molecule has 176 valence electrons. The van der Waals surface area contributed by atoms with Crippen LogP contribution in [0.5, 0.6) is 0 Å². The summed E-state index contributed by atoms with van der Waals surface area (Å²) in [5.74, 6) is -1.11. The molecule has 2 aliphatic rings. The molecular formula is C28H24ClN3O3. The van der Waals surface area contributed by atoms with E-state index in [-0.39, 0.29) is 16.6 Å². The summed E-state index contributed by atoms with van der Waals surface area (Å²) in [4.78, 5) is 41.9. The lowest BCUT2D eigenvalue weighted by Gasteiger charge is -2.29. The molecule has 3 amide bonds. The minimum Gasteiger partial charge on any atom is -0.350 e. The van der Waals surface area contributed by atoms with Crippen LogP contribution in [0.3, 0.4) is 0 Å². The highest BCUT2D eigenvalue weighted by Gasteiger charge is 2.39. The molecule has 0 bridgehead atoms. The number of carbonyl (C=O) groups excluding carboxylic acids is 3. The van der Waals surface area contributed by atoms with E-state index in [9.17, 15) is 14.4 Å². The van der Waals surface area contributed by atoms with Gasteiger partial charge in [-0.15, -0.1) is 0 Å². The van der Waals surface area contributed by atoms with Crippen LogP contribution in [0.2, 0.25) is 0 Å². The van der Waals surface area contributed by atoms with Crippen molar-refractivity contribution >= 4 is 40.7 Å². The van der Waals surface area contributed by atoms with Crippen molar-refractivity contribution in [2.45, 2.75) is 26.3 Å². The number of nitrogens with zero attached hydrogens (tertiary/aromatic N) is 2. The highest BCUT2D eigenvalue weighted by molar-refractivity contribution is 6.53. The Morgan fingerprint density at radius 2 is 1.60 bits per heavy atom. The van der Waals surface area contributed by atoms with Crippen LogP contribution < -0.4 is 10.2 Å². The summed E-state index contributed by atoms with van der Waals surface area (Å²) in [6, 6.07) is 22.3. The van der Waals surface area contributed by atoms with Crippen LogP contribution in [0.1, 0.15) is 34.0 Å². The standard InChI is InChI=1S/C28H24ClN3O3/c1-2-18-7-5-6-10-23(18)32-27(34)24(29)25(28(32)35)30-22-13-11-20(12-14-22)26(33)31-16-15-19-8-3-4-9-21(19)17-31/h3-14,30H,2,15-17H2,1H3. The quantitative estimate of drug-likeness (QED) is 0.523. The summed E-state index contributed by atoms with van der Waals surface area (Å²) in [5, 5.41) is 2.82. The molecule has 3 aromatic rings. The number of rotatable bonds is 5. The van der Waals surface area contributed by atoms with Crippen molar-refractivity contribution in [3.8, 4) is 0 Å². The monoisotopic (exact) mass is 485 g/mol. The first-order chi connectivity index (χ1) is 17.0. The van der Waals surface area contributed by atoms with E-state index in [1.807, 2.05) is 36.1 Å². The number of fused-ring (bicyclic) bond motifs is 1. The lowest BCUT2D eigenvalue weighted by atomic mass is 9.99. The predicted molar refractivity (Wildman–Crippen MR) is 136 cm³/mol. The largest absolute Gasteiger partial charge is 0.350 e. The van der Waals surface area contributed by atoms with E-state index in [4.69, 9.17) is 11.6 Å². The first-order valence-electron chi connectivity index (χ1n) is 11.6. The summed E-state index contributed by atoms with van der Waals surface area (Å²) >= 11 is 6.28. The van der Waals surface area contributed by atoms with Crippen molar-refractivity contribution in [2.24, 2.45) is 0 Å². The van der Waals surface area contributed by atoms with Gasteiger partial charge in [0.15, 0.2) is 0 Å². The first-order valence-corrected chi connectivity index (χ1v) is 12.0. The Morgan fingerprint density at radius 3 is 2.34 bits per heavy atom. The number of imide groups is 1. The van der Waals surface area contributed by atoms with E-state index in [1.165, 1.54) is 11.1 Å². The lowest BCUT2D eigenvalue weighted by Crippen LogP contribution is -2.35. The molecule has 6 nitrogen and oxygen atoms in total. The second-order valence-corrected chi connectivity index (χ2v) is 8.94. The van der Waals surface area contributed by atoms with Crippen molar-refractivity contribution in [2.75, 3.05) is 16.8 Å². The topological polar surface area (TPSA) is 69.7 Å². The molecule has 2 heterocycles. The Balaban J connectivity index is 1.31. The first kappa shape index (κ1) is 22.9. The van der Waals surface area contributed by atoms with Crippen molar-refractivity contribution in [3.63, 3.8) is 0 Å². The zero-order chi connectivity index (χ0) is 24.5. The van der Waals surface area contributed by atoms with Gasteiger partial charge in [0.1, 0.15) is 10.7 Å². The third-order valence-electron chi connectivity index (χ3n) is 6.46. The molecule has 7 heteroatoms. The molecule has 1 N–H and O–H groups in total. The number of nitrogens with one attached hydrogen (secondary N) is 1. The zero-order valence-electron chi connectivity index (χ0n) is 19.3. The van der Waals surface area contributed by atoms with Gasteiger partial charge in [-0.1, -0.05) is 61.0 Å². The maximum absolute atomic E-state index is 13.1. The Morgan fingerprint density at radius 1 is 0.914 bits per heavy atom. The van der Waals surface area contributed by atoms with Gasteiger partial charge in [0, 0.05) is 24.3 Å². The molecule has 0 saturated heterocycles. The third kappa shape index (κ3) is 4.21. The minimum absolute atomic E-state index is 0.0225. The maximum atomic E-state index is 13.1. The average molecular weight is 486 g/mol. The SMILES string of the molecule is CCc1ccccc1N1C(=O)C(Cl)=C(Nc2ccc(C(=O)N3CCc4ccccc4C3)cc2)C1=O. The molecule has 0 aromatic heterocycles. The number of anilines is 2. The van der Waals surface area contributed by atoms with Crippen LogP contribution >= 0.6 is 11.6 Å². The van der Waals surface area contributed by atoms with Crippen LogP contribution in [-0.4, -0.2) is 29.2 Å². The Labute approximate surface area is 208 Å². The average Bonchev–Trinajstić information content (AvgIpc) is 3.11. The Hall–Kier alpha value is -3.90. The van der Waals surface area contributed by atoms with E-state index in [0.717, 1.165) is 16.9 Å². The van der Waals surface area contributed by atoms with Crippen LogP contribution in [0.4, 0.5) is 11.4 Å². The number of hydrogen-bond acceptors (Lipinski definition) is 4. The molecule has 0 saturated carbocycles. The molecule has 2 aliphatic heterocycles. The van der Waals surface area contributed by atoms with Crippen LogP contribution in [-0.2, 0) is 29.0 Å². The van der Waals surface area contributed by atoms with E-state index in [2.05, 4.69) is 17.4 Å². The number of hydrogen-bond donors (Lipinski definition) is 1. The molecule has 0 fully saturated rings. The van der Waals surface area contributed by atoms with Crippen molar-refractivity contribution in [1.29, 1.82) is 0 Å². The van der Waals surface area contributed by atoms with Crippen LogP contribution in [0.25, 0.3) is 0 Å². The van der Waals surface area contributed by atoms with Crippen molar-refractivity contribution in [3.05, 3.63) is 106 Å². The number of halogens is 1. The number of para-hydroxylation sites is 1. The van der Waals surface area contributed by atoms with Gasteiger partial charge in [0.2, 0.25) is 0 Å². The van der Waals surface area contributed by atoms with Crippen molar-refractivity contribution in [1.82, 2.24) is 4.90 Å². The molecule has 0 spiro atoms. The molecule has 35 heavy (non-hydrogen) atoms. The van der Waals surface area contributed by atoms with Gasteiger partial charge < -0.3 is 10.2 Å². The summed E-state index contributed by atoms with van der Waals surface area (Å²) in [6.07, 6.45) is 1.51. The summed E-state index contributed by atoms with van der Waals surface area (Å²) in [5.41, 5.74) is 5.01. The third-order valence-corrected chi connectivity index (χ3v) is 6.81. The fraction of sp³-hybridized carbons (Fsp3) is 0.179. The normalized spacial score (nSPS) is 15.5. The highest BCUT2D eigenvalue weighted by atomic mass is 35.5. The molecule has 0 aliphatic carbocycles. The number of amides is 3. The number of benzene rings is 3. The number of carbonyl (C=O) groups is 3. The molecule has 0 radical (unpaired) electrons. The number of aryl methyl sites for hydroxylation is 1. The molecule has 0 atom stereocenters.